The molecule has 0 unspecified atom stereocenters. The molecule has 0 radical (unpaired) electrons. The Morgan fingerprint density at radius 2 is 1.87 bits per heavy atom. The molecule has 0 spiro atoms. The summed E-state index contributed by atoms with van der Waals surface area (Å²) < 4.78 is 2.41. The van der Waals surface area contributed by atoms with Crippen molar-refractivity contribution in [2.45, 2.75) is 72.3 Å². The maximum absolute atomic E-state index is 11.5. The predicted molar refractivity (Wildman–Crippen MR) is 126 cm³/mol. The molecule has 0 saturated heterocycles. The van der Waals surface area contributed by atoms with Gasteiger partial charge in [0.2, 0.25) is 0 Å². The summed E-state index contributed by atoms with van der Waals surface area (Å²) in [4.78, 5) is 16.5. The first kappa shape index (κ1) is 21.6. The fraction of sp³-hybridized carbons (Fsp3) is 0.481. The molecule has 1 N–H and O–H groups in total. The third-order valence-electron chi connectivity index (χ3n) is 6.75. The lowest BCUT2D eigenvalue weighted by molar-refractivity contribution is 0.0697. The minimum Gasteiger partial charge on any atom is -0.478 e. The van der Waals surface area contributed by atoms with Crippen LogP contribution < -0.4 is 0 Å². The average Bonchev–Trinajstić information content (AvgIpc) is 3.03. The summed E-state index contributed by atoms with van der Waals surface area (Å²) in [5, 5.41) is 9.44. The summed E-state index contributed by atoms with van der Waals surface area (Å²) in [5.41, 5.74) is 4.99. The monoisotopic (exact) mass is 418 g/mol. The highest BCUT2D eigenvalue weighted by Gasteiger charge is 2.34. The molecule has 1 saturated carbocycles. The Balaban J connectivity index is 1.78. The first-order valence-corrected chi connectivity index (χ1v) is 11.5. The van der Waals surface area contributed by atoms with E-state index in [4.69, 9.17) is 4.98 Å². The molecule has 1 aliphatic rings. The molecule has 0 amide bonds. The highest BCUT2D eigenvalue weighted by Crippen LogP contribution is 2.45. The first-order valence-electron chi connectivity index (χ1n) is 11.5. The van der Waals surface area contributed by atoms with E-state index < -0.39 is 5.97 Å². The summed E-state index contributed by atoms with van der Waals surface area (Å²) in [6, 6.07) is 14.6. The van der Waals surface area contributed by atoms with E-state index in [1.807, 2.05) is 6.07 Å². The second-order valence-corrected chi connectivity index (χ2v) is 10.5. The minimum absolute atomic E-state index is 0.288. The van der Waals surface area contributed by atoms with Crippen molar-refractivity contribution in [3.8, 4) is 0 Å². The number of rotatable bonds is 5. The molecule has 31 heavy (non-hydrogen) atoms. The molecule has 0 aliphatic heterocycles. The van der Waals surface area contributed by atoms with Gasteiger partial charge in [0.05, 0.1) is 16.6 Å². The molecule has 0 bridgehead atoms. The summed E-state index contributed by atoms with van der Waals surface area (Å²) in [7, 11) is 0. The van der Waals surface area contributed by atoms with Crippen molar-refractivity contribution in [3.63, 3.8) is 0 Å². The summed E-state index contributed by atoms with van der Waals surface area (Å²) in [6.07, 6.45) is 4.24. The van der Waals surface area contributed by atoms with Gasteiger partial charge in [-0.2, -0.15) is 0 Å². The Kier molecular flexibility index (Phi) is 5.67. The van der Waals surface area contributed by atoms with Crippen molar-refractivity contribution in [2.24, 2.45) is 11.3 Å². The van der Waals surface area contributed by atoms with Gasteiger partial charge in [0.25, 0.3) is 0 Å². The van der Waals surface area contributed by atoms with E-state index in [9.17, 15) is 9.90 Å². The molecule has 4 nitrogen and oxygen atoms in total. The van der Waals surface area contributed by atoms with E-state index in [1.165, 1.54) is 17.5 Å². The highest BCUT2D eigenvalue weighted by molar-refractivity contribution is 5.92. The number of benzene rings is 2. The van der Waals surface area contributed by atoms with Gasteiger partial charge in [0.15, 0.2) is 0 Å². The third-order valence-corrected chi connectivity index (χ3v) is 6.75. The van der Waals surface area contributed by atoms with Gasteiger partial charge in [0.1, 0.15) is 5.82 Å². The van der Waals surface area contributed by atoms with Crippen LogP contribution in [0.15, 0.2) is 42.5 Å². The van der Waals surface area contributed by atoms with E-state index in [0.717, 1.165) is 36.1 Å². The van der Waals surface area contributed by atoms with Crippen molar-refractivity contribution in [1.29, 1.82) is 0 Å². The van der Waals surface area contributed by atoms with Crippen molar-refractivity contribution in [3.05, 3.63) is 65.0 Å². The molecule has 4 heteroatoms. The van der Waals surface area contributed by atoms with Crippen LogP contribution in [0.5, 0.6) is 0 Å². The number of aromatic nitrogens is 2. The number of carboxylic acid groups (broad SMARTS) is 1. The van der Waals surface area contributed by atoms with E-state index in [1.54, 1.807) is 12.1 Å². The maximum atomic E-state index is 11.5. The molecule has 4 rings (SSSR count). The summed E-state index contributed by atoms with van der Waals surface area (Å²) in [5.74, 6) is 1.29. The largest absolute Gasteiger partial charge is 0.478 e. The molecule has 3 aromatic rings. The molecule has 1 aromatic heterocycles. The minimum atomic E-state index is -0.908. The lowest BCUT2D eigenvalue weighted by Gasteiger charge is -2.40. The van der Waals surface area contributed by atoms with Crippen LogP contribution in [-0.2, 0) is 6.42 Å². The van der Waals surface area contributed by atoms with Gasteiger partial charge in [-0.25, -0.2) is 9.78 Å². The van der Waals surface area contributed by atoms with Crippen molar-refractivity contribution >= 4 is 17.0 Å². The van der Waals surface area contributed by atoms with Crippen LogP contribution in [0.2, 0.25) is 0 Å². The highest BCUT2D eigenvalue weighted by atomic mass is 16.4. The predicted octanol–water partition coefficient (Wildman–Crippen LogP) is 6.84. The fourth-order valence-electron chi connectivity index (χ4n) is 5.51. The number of hydrogen-bond donors (Lipinski definition) is 1. The summed E-state index contributed by atoms with van der Waals surface area (Å²) >= 11 is 0. The molecular formula is C27H34N2O2. The lowest BCUT2D eigenvalue weighted by Crippen LogP contribution is -2.30. The smallest absolute Gasteiger partial charge is 0.335 e. The normalized spacial score (nSPS) is 21.0. The van der Waals surface area contributed by atoms with Gasteiger partial charge in [0, 0.05) is 12.5 Å². The van der Waals surface area contributed by atoms with Gasteiger partial charge in [-0.1, -0.05) is 58.9 Å². The number of carbonyl (C=O) groups is 1. The van der Waals surface area contributed by atoms with Crippen molar-refractivity contribution < 1.29 is 9.90 Å². The van der Waals surface area contributed by atoms with Gasteiger partial charge in [-0.05, 0) is 65.8 Å². The second-order valence-electron chi connectivity index (χ2n) is 10.5. The average molecular weight is 419 g/mol. The van der Waals surface area contributed by atoms with Crippen LogP contribution in [0.25, 0.3) is 11.0 Å². The zero-order valence-electron chi connectivity index (χ0n) is 19.4. The van der Waals surface area contributed by atoms with E-state index in [-0.39, 0.29) is 5.41 Å². The van der Waals surface area contributed by atoms with Crippen LogP contribution in [0.4, 0.5) is 0 Å². The number of carboxylic acids is 1. The standard InChI is InChI=1S/C27H34N2O2/c1-17(2)20-8-6-19(7-9-20)13-25-28-23-14-21(26(30)31)10-11-24(23)29(25)22-12-18(3)15-27(4,5)16-22/h6-11,14,17-18,22H,12-13,15-16H2,1-5H3,(H,30,31)/t18-,22+/m1/s1. The van der Waals surface area contributed by atoms with Crippen molar-refractivity contribution in [1.82, 2.24) is 9.55 Å². The van der Waals surface area contributed by atoms with Crippen LogP contribution in [-0.4, -0.2) is 20.6 Å². The van der Waals surface area contributed by atoms with Crippen LogP contribution >= 0.6 is 0 Å². The Morgan fingerprint density at radius 1 is 1.16 bits per heavy atom. The Bertz CT molecular complexity index is 1090. The van der Waals surface area contributed by atoms with E-state index >= 15 is 0 Å². The lowest BCUT2D eigenvalue weighted by atomic mass is 9.70. The van der Waals surface area contributed by atoms with Gasteiger partial charge < -0.3 is 9.67 Å². The Hall–Kier alpha value is -2.62. The van der Waals surface area contributed by atoms with Crippen LogP contribution in [0.3, 0.4) is 0 Å². The van der Waals surface area contributed by atoms with Crippen molar-refractivity contribution in [2.75, 3.05) is 0 Å². The summed E-state index contributed by atoms with van der Waals surface area (Å²) in [6.45, 7) is 11.5. The molecule has 1 fully saturated rings. The number of aromatic carboxylic acids is 1. The molecule has 1 aliphatic carbocycles. The number of nitrogens with zero attached hydrogens (tertiary/aromatic N) is 2. The number of imidazole rings is 1. The molecule has 164 valence electrons. The quantitative estimate of drug-likeness (QED) is 0.494. The van der Waals surface area contributed by atoms with Gasteiger partial charge in [-0.3, -0.25) is 0 Å². The zero-order valence-corrected chi connectivity index (χ0v) is 19.4. The third kappa shape index (κ3) is 4.53. The Labute approximate surface area is 185 Å². The zero-order chi connectivity index (χ0) is 22.3. The molecular weight excluding hydrogens is 384 g/mol. The number of fused-ring (bicyclic) bond motifs is 1. The van der Waals surface area contributed by atoms with E-state index in [2.05, 4.69) is 63.5 Å². The molecule has 2 atom stereocenters. The van der Waals surface area contributed by atoms with Crippen LogP contribution in [0, 0.1) is 11.3 Å². The van der Waals surface area contributed by atoms with Gasteiger partial charge in [-0.15, -0.1) is 0 Å². The first-order chi connectivity index (χ1) is 14.6. The Morgan fingerprint density at radius 3 is 2.48 bits per heavy atom. The van der Waals surface area contributed by atoms with E-state index in [0.29, 0.717) is 23.4 Å². The molecule has 2 aromatic carbocycles. The molecule has 1 heterocycles. The SMILES string of the molecule is CC(C)c1ccc(Cc2nc3cc(C(=O)O)ccc3n2[C@H]2C[C@@H](C)CC(C)(C)C2)cc1. The maximum Gasteiger partial charge on any atom is 0.335 e. The fourth-order valence-corrected chi connectivity index (χ4v) is 5.51. The van der Waals surface area contributed by atoms with Gasteiger partial charge >= 0.3 is 5.97 Å². The van der Waals surface area contributed by atoms with Crippen LogP contribution in [0.1, 0.15) is 93.2 Å². The topological polar surface area (TPSA) is 55.1 Å². The second kappa shape index (κ2) is 8.14. The number of hydrogen-bond acceptors (Lipinski definition) is 2.